The summed E-state index contributed by atoms with van der Waals surface area (Å²) in [6, 6.07) is 9.77. The van der Waals surface area contributed by atoms with E-state index in [-0.39, 0.29) is 0 Å². The van der Waals surface area contributed by atoms with E-state index >= 15 is 0 Å². The summed E-state index contributed by atoms with van der Waals surface area (Å²) < 4.78 is 0. The molecule has 1 aliphatic carbocycles. The molecule has 2 aliphatic rings. The summed E-state index contributed by atoms with van der Waals surface area (Å²) in [6.45, 7) is 5.59. The molecule has 0 spiro atoms. The summed E-state index contributed by atoms with van der Waals surface area (Å²) in [7, 11) is 0. The molecule has 22 heavy (non-hydrogen) atoms. The highest BCUT2D eigenvalue weighted by atomic mass is 32.1. The van der Waals surface area contributed by atoms with Gasteiger partial charge in [0.15, 0.2) is 5.11 Å². The van der Waals surface area contributed by atoms with Crippen molar-refractivity contribution in [2.75, 3.05) is 19.6 Å². The number of nitrogens with zero attached hydrogens (tertiary/aromatic N) is 1. The van der Waals surface area contributed by atoms with Crippen molar-refractivity contribution in [3.05, 3.63) is 35.4 Å². The van der Waals surface area contributed by atoms with Crippen molar-refractivity contribution < 1.29 is 0 Å². The maximum Gasteiger partial charge on any atom is 0.166 e. The van der Waals surface area contributed by atoms with E-state index in [0.29, 0.717) is 12.1 Å². The van der Waals surface area contributed by atoms with Crippen LogP contribution in [-0.4, -0.2) is 35.7 Å². The predicted octanol–water partition coefficient (Wildman–Crippen LogP) is 3.01. The molecule has 4 heteroatoms. The van der Waals surface area contributed by atoms with E-state index in [9.17, 15) is 0 Å². The van der Waals surface area contributed by atoms with Crippen LogP contribution in [0.25, 0.3) is 0 Å². The normalized spacial score (nSPS) is 24.8. The standard InChI is InChI=1S/C18H27N3S/c1-2-21-12-6-9-15(21)13-19-18(22)20-17-11-5-8-14-7-3-4-10-16(14)17/h3-4,7,10,15,17H,2,5-6,8-9,11-13H2,1H3,(H2,19,20,22)/t15-,17-/m0/s1. The Labute approximate surface area is 139 Å². The average molecular weight is 318 g/mol. The van der Waals surface area contributed by atoms with E-state index in [0.717, 1.165) is 18.2 Å². The van der Waals surface area contributed by atoms with Crippen LogP contribution in [0.1, 0.15) is 49.8 Å². The fraction of sp³-hybridized carbons (Fsp3) is 0.611. The summed E-state index contributed by atoms with van der Waals surface area (Å²) in [5.74, 6) is 0. The molecule has 0 amide bonds. The van der Waals surface area contributed by atoms with Crippen LogP contribution in [0.15, 0.2) is 24.3 Å². The zero-order valence-electron chi connectivity index (χ0n) is 13.5. The molecule has 3 rings (SSSR count). The number of hydrogen-bond donors (Lipinski definition) is 2. The number of nitrogens with one attached hydrogen (secondary N) is 2. The van der Waals surface area contributed by atoms with Crippen LogP contribution in [-0.2, 0) is 6.42 Å². The van der Waals surface area contributed by atoms with Crippen molar-refractivity contribution in [2.45, 2.75) is 51.1 Å². The van der Waals surface area contributed by atoms with Crippen molar-refractivity contribution in [1.29, 1.82) is 0 Å². The quantitative estimate of drug-likeness (QED) is 0.835. The second-order valence-electron chi connectivity index (χ2n) is 6.42. The lowest BCUT2D eigenvalue weighted by atomic mass is 9.88. The van der Waals surface area contributed by atoms with Gasteiger partial charge in [-0.05, 0) is 68.5 Å². The highest BCUT2D eigenvalue weighted by Gasteiger charge is 2.24. The fourth-order valence-corrected chi connectivity index (χ4v) is 4.09. The lowest BCUT2D eigenvalue weighted by Gasteiger charge is -2.29. The summed E-state index contributed by atoms with van der Waals surface area (Å²) in [5.41, 5.74) is 2.90. The Hall–Kier alpha value is -1.13. The van der Waals surface area contributed by atoms with Gasteiger partial charge >= 0.3 is 0 Å². The summed E-state index contributed by atoms with van der Waals surface area (Å²) in [4.78, 5) is 2.55. The van der Waals surface area contributed by atoms with Crippen molar-refractivity contribution in [3.63, 3.8) is 0 Å². The third-order valence-corrected chi connectivity index (χ3v) is 5.34. The van der Waals surface area contributed by atoms with E-state index in [1.165, 1.54) is 49.8 Å². The first-order valence-electron chi connectivity index (χ1n) is 8.64. The van der Waals surface area contributed by atoms with Gasteiger partial charge in [-0.25, -0.2) is 0 Å². The fourth-order valence-electron chi connectivity index (χ4n) is 3.87. The number of benzene rings is 1. The number of thiocarbonyl (C=S) groups is 1. The minimum atomic E-state index is 0.371. The molecule has 120 valence electrons. The van der Waals surface area contributed by atoms with Gasteiger partial charge in [0.05, 0.1) is 6.04 Å². The first kappa shape index (κ1) is 15.8. The van der Waals surface area contributed by atoms with Gasteiger partial charge in [-0.2, -0.15) is 0 Å². The first-order valence-corrected chi connectivity index (χ1v) is 9.05. The van der Waals surface area contributed by atoms with Gasteiger partial charge in [-0.3, -0.25) is 4.90 Å². The van der Waals surface area contributed by atoms with E-state index in [4.69, 9.17) is 12.2 Å². The topological polar surface area (TPSA) is 27.3 Å². The molecule has 0 aromatic heterocycles. The Bertz CT molecular complexity index is 517. The molecule has 0 unspecified atom stereocenters. The Morgan fingerprint density at radius 3 is 3.00 bits per heavy atom. The average Bonchev–Trinajstić information content (AvgIpc) is 3.01. The van der Waals surface area contributed by atoms with Crippen LogP contribution in [0.3, 0.4) is 0 Å². The van der Waals surface area contributed by atoms with E-state index < -0.39 is 0 Å². The molecule has 3 nitrogen and oxygen atoms in total. The predicted molar refractivity (Wildman–Crippen MR) is 96.1 cm³/mol. The van der Waals surface area contributed by atoms with Crippen LogP contribution >= 0.6 is 12.2 Å². The summed E-state index contributed by atoms with van der Waals surface area (Å²) in [5, 5.41) is 7.79. The number of likely N-dealkylation sites (tertiary alicyclic amines) is 1. The van der Waals surface area contributed by atoms with E-state index in [1.54, 1.807) is 0 Å². The second kappa shape index (κ2) is 7.42. The smallest absolute Gasteiger partial charge is 0.166 e. The van der Waals surface area contributed by atoms with Crippen LogP contribution in [0, 0.1) is 0 Å². The molecule has 1 aromatic carbocycles. The van der Waals surface area contributed by atoms with Gasteiger partial charge in [-0.15, -0.1) is 0 Å². The van der Waals surface area contributed by atoms with Crippen molar-refractivity contribution in [2.24, 2.45) is 0 Å². The van der Waals surface area contributed by atoms with E-state index in [1.807, 2.05) is 0 Å². The van der Waals surface area contributed by atoms with Gasteiger partial charge in [-0.1, -0.05) is 31.2 Å². The molecule has 1 fully saturated rings. The first-order chi connectivity index (χ1) is 10.8. The third-order valence-electron chi connectivity index (χ3n) is 5.08. The highest BCUT2D eigenvalue weighted by Crippen LogP contribution is 2.29. The molecule has 0 saturated carbocycles. The maximum atomic E-state index is 5.53. The molecule has 2 atom stereocenters. The number of aryl methyl sites for hydroxylation is 1. The minimum absolute atomic E-state index is 0.371. The number of likely N-dealkylation sites (N-methyl/N-ethyl adjacent to an activating group) is 1. The zero-order valence-corrected chi connectivity index (χ0v) is 14.3. The van der Waals surface area contributed by atoms with E-state index in [2.05, 4.69) is 46.7 Å². The lowest BCUT2D eigenvalue weighted by molar-refractivity contribution is 0.267. The Morgan fingerprint density at radius 1 is 1.27 bits per heavy atom. The largest absolute Gasteiger partial charge is 0.361 e. The van der Waals surface area contributed by atoms with Gasteiger partial charge in [0.2, 0.25) is 0 Å². The Kier molecular flexibility index (Phi) is 5.32. The number of hydrogen-bond acceptors (Lipinski definition) is 2. The van der Waals surface area contributed by atoms with Gasteiger partial charge < -0.3 is 10.6 Å². The molecule has 1 heterocycles. The van der Waals surface area contributed by atoms with Crippen LogP contribution in [0.2, 0.25) is 0 Å². The SMILES string of the molecule is CCN1CCC[C@H]1CNC(=S)N[C@H]1CCCc2ccccc21. The molecular weight excluding hydrogens is 290 g/mol. The number of rotatable bonds is 4. The third kappa shape index (κ3) is 3.61. The Balaban J connectivity index is 1.52. The molecule has 0 bridgehead atoms. The Morgan fingerprint density at radius 2 is 2.14 bits per heavy atom. The lowest BCUT2D eigenvalue weighted by Crippen LogP contribution is -2.45. The molecule has 1 aliphatic heterocycles. The molecular formula is C18H27N3S. The zero-order chi connectivity index (χ0) is 15.4. The van der Waals surface area contributed by atoms with Gasteiger partial charge in [0.25, 0.3) is 0 Å². The molecule has 2 N–H and O–H groups in total. The second-order valence-corrected chi connectivity index (χ2v) is 6.83. The minimum Gasteiger partial charge on any atom is -0.361 e. The van der Waals surface area contributed by atoms with Crippen molar-refractivity contribution in [3.8, 4) is 0 Å². The van der Waals surface area contributed by atoms with Crippen molar-refractivity contribution in [1.82, 2.24) is 15.5 Å². The van der Waals surface area contributed by atoms with Crippen molar-refractivity contribution >= 4 is 17.3 Å². The maximum absolute atomic E-state index is 5.53. The van der Waals surface area contributed by atoms with Crippen LogP contribution in [0.5, 0.6) is 0 Å². The molecule has 0 radical (unpaired) electrons. The monoisotopic (exact) mass is 317 g/mol. The van der Waals surface area contributed by atoms with Gasteiger partial charge in [0, 0.05) is 12.6 Å². The summed E-state index contributed by atoms with van der Waals surface area (Å²) >= 11 is 5.53. The molecule has 1 saturated heterocycles. The highest BCUT2D eigenvalue weighted by molar-refractivity contribution is 7.80. The number of fused-ring (bicyclic) bond motifs is 1. The van der Waals surface area contributed by atoms with Gasteiger partial charge in [0.1, 0.15) is 0 Å². The summed E-state index contributed by atoms with van der Waals surface area (Å²) in [6.07, 6.45) is 6.21. The molecule has 1 aromatic rings. The van der Waals surface area contributed by atoms with Crippen LogP contribution in [0.4, 0.5) is 0 Å². The van der Waals surface area contributed by atoms with Crippen LogP contribution < -0.4 is 10.6 Å².